The van der Waals surface area contributed by atoms with Gasteiger partial charge in [-0.2, -0.15) is 10.2 Å². The minimum absolute atomic E-state index is 0.0156. The topological polar surface area (TPSA) is 113 Å². The third kappa shape index (κ3) is 5.34. The summed E-state index contributed by atoms with van der Waals surface area (Å²) in [7, 11) is -3.40. The van der Waals surface area contributed by atoms with Gasteiger partial charge in [-0.05, 0) is 50.6 Å². The van der Waals surface area contributed by atoms with Gasteiger partial charge in [0, 0.05) is 17.3 Å². The number of aryl methyl sites for hydroxylation is 2. The van der Waals surface area contributed by atoms with Gasteiger partial charge in [0.1, 0.15) is 5.69 Å². The van der Waals surface area contributed by atoms with Crippen molar-refractivity contribution in [3.05, 3.63) is 77.9 Å². The zero-order chi connectivity index (χ0) is 27.6. The molecule has 0 atom stereocenters. The molecule has 1 amide bonds. The molecular weight excluding hydrogens is 522 g/mol. The number of amides is 1. The lowest BCUT2D eigenvalue weighted by Crippen LogP contribution is -2.14. The Morgan fingerprint density at radius 2 is 1.85 bits per heavy atom. The first-order valence-corrected chi connectivity index (χ1v) is 14.3. The standard InChI is InChI=1S/C27H28FN6O4P/c1-4-37-39(36,38-5-2)15-14-34-26-20(25(32-34)31-27(35)19-11-7-6-10-18(19)3)16-22(28)24(30-26)21-17-29-33-13-9-8-12-23(21)33/h6-13,16-17H,4-5,14-15H2,1-3H3,(H,31,32,35). The van der Waals surface area contributed by atoms with Crippen LogP contribution in [0.3, 0.4) is 0 Å². The van der Waals surface area contributed by atoms with Crippen LogP contribution in [0.15, 0.2) is 60.9 Å². The van der Waals surface area contributed by atoms with Gasteiger partial charge in [-0.25, -0.2) is 18.6 Å². The molecule has 0 unspecified atom stereocenters. The summed E-state index contributed by atoms with van der Waals surface area (Å²) in [5, 5.41) is 11.9. The summed E-state index contributed by atoms with van der Waals surface area (Å²) in [4.78, 5) is 17.7. The Balaban J connectivity index is 1.60. The van der Waals surface area contributed by atoms with E-state index in [4.69, 9.17) is 9.05 Å². The number of pyridine rings is 2. The number of carbonyl (C=O) groups excluding carboxylic acids is 1. The third-order valence-corrected chi connectivity index (χ3v) is 8.27. The molecule has 0 aliphatic heterocycles. The zero-order valence-corrected chi connectivity index (χ0v) is 22.7. The molecule has 0 bridgehead atoms. The molecular formula is C27H28FN6O4P. The highest BCUT2D eigenvalue weighted by Gasteiger charge is 2.26. The third-order valence-electron chi connectivity index (χ3n) is 6.22. The number of hydrogen-bond acceptors (Lipinski definition) is 7. The molecule has 1 aromatic carbocycles. The summed E-state index contributed by atoms with van der Waals surface area (Å²) < 4.78 is 42.7. The fourth-order valence-corrected chi connectivity index (χ4v) is 5.96. The molecule has 0 saturated carbocycles. The monoisotopic (exact) mass is 550 g/mol. The van der Waals surface area contributed by atoms with Gasteiger partial charge in [0.25, 0.3) is 5.91 Å². The molecule has 202 valence electrons. The lowest BCUT2D eigenvalue weighted by Gasteiger charge is -2.16. The Bertz CT molecular complexity index is 1710. The molecule has 5 rings (SSSR count). The van der Waals surface area contributed by atoms with Crippen LogP contribution in [0.4, 0.5) is 10.2 Å². The van der Waals surface area contributed by atoms with E-state index in [-0.39, 0.29) is 43.3 Å². The van der Waals surface area contributed by atoms with Gasteiger partial charge in [-0.1, -0.05) is 24.3 Å². The van der Waals surface area contributed by atoms with Gasteiger partial charge in [-0.3, -0.25) is 9.36 Å². The lowest BCUT2D eigenvalue weighted by molar-refractivity contribution is 0.102. The highest BCUT2D eigenvalue weighted by molar-refractivity contribution is 7.53. The van der Waals surface area contributed by atoms with Crippen molar-refractivity contribution in [2.24, 2.45) is 0 Å². The fourth-order valence-electron chi connectivity index (χ4n) is 4.41. The van der Waals surface area contributed by atoms with Crippen LogP contribution in [0.1, 0.15) is 29.8 Å². The average molecular weight is 551 g/mol. The van der Waals surface area contributed by atoms with E-state index in [0.29, 0.717) is 27.7 Å². The number of fused-ring (bicyclic) bond motifs is 2. The summed E-state index contributed by atoms with van der Waals surface area (Å²) in [6.45, 7) is 5.84. The van der Waals surface area contributed by atoms with Gasteiger partial charge in [0.05, 0.1) is 43.0 Å². The summed E-state index contributed by atoms with van der Waals surface area (Å²) >= 11 is 0. The van der Waals surface area contributed by atoms with Gasteiger partial charge in [-0.15, -0.1) is 0 Å². The van der Waals surface area contributed by atoms with Crippen LogP contribution in [0.2, 0.25) is 0 Å². The molecule has 0 aliphatic carbocycles. The first-order chi connectivity index (χ1) is 18.8. The van der Waals surface area contributed by atoms with E-state index in [9.17, 15) is 9.36 Å². The van der Waals surface area contributed by atoms with Crippen LogP contribution in [-0.4, -0.2) is 49.7 Å². The second-order valence-electron chi connectivity index (χ2n) is 8.79. The molecule has 0 radical (unpaired) electrons. The van der Waals surface area contributed by atoms with Crippen LogP contribution in [-0.2, 0) is 20.2 Å². The number of aromatic nitrogens is 5. The Labute approximate surface area is 224 Å². The number of benzene rings is 1. The minimum Gasteiger partial charge on any atom is -0.309 e. The van der Waals surface area contributed by atoms with Crippen molar-refractivity contribution in [2.45, 2.75) is 27.3 Å². The molecule has 5 aromatic rings. The maximum atomic E-state index is 15.6. The first kappa shape index (κ1) is 26.7. The number of nitrogens with zero attached hydrogens (tertiary/aromatic N) is 5. The van der Waals surface area contributed by atoms with Crippen LogP contribution in [0.25, 0.3) is 27.8 Å². The number of anilines is 1. The summed E-state index contributed by atoms with van der Waals surface area (Å²) in [5.41, 5.74) is 2.82. The summed E-state index contributed by atoms with van der Waals surface area (Å²) in [5.74, 6) is -0.846. The van der Waals surface area contributed by atoms with Crippen molar-refractivity contribution in [3.63, 3.8) is 0 Å². The van der Waals surface area contributed by atoms with E-state index in [2.05, 4.69) is 20.5 Å². The molecule has 0 fully saturated rings. The quantitative estimate of drug-likeness (QED) is 0.222. The molecule has 10 nitrogen and oxygen atoms in total. The average Bonchev–Trinajstić information content (AvgIpc) is 3.49. The highest BCUT2D eigenvalue weighted by atomic mass is 31.2. The number of nitrogens with one attached hydrogen (secondary N) is 1. The van der Waals surface area contributed by atoms with Crippen molar-refractivity contribution >= 4 is 35.9 Å². The highest BCUT2D eigenvalue weighted by Crippen LogP contribution is 2.48. The van der Waals surface area contributed by atoms with E-state index in [0.717, 1.165) is 5.56 Å². The zero-order valence-electron chi connectivity index (χ0n) is 21.8. The predicted molar refractivity (Wildman–Crippen MR) is 147 cm³/mol. The molecule has 39 heavy (non-hydrogen) atoms. The molecule has 4 heterocycles. The normalized spacial score (nSPS) is 11.9. The SMILES string of the molecule is CCOP(=O)(CCn1nc(NC(=O)c2ccccc2C)c2cc(F)c(-c3cnn4ccccc34)nc21)OCC. The summed E-state index contributed by atoms with van der Waals surface area (Å²) in [6, 6.07) is 13.9. The van der Waals surface area contributed by atoms with Gasteiger partial charge < -0.3 is 14.4 Å². The van der Waals surface area contributed by atoms with E-state index >= 15 is 4.39 Å². The van der Waals surface area contributed by atoms with Crippen molar-refractivity contribution in [3.8, 4) is 11.3 Å². The van der Waals surface area contributed by atoms with E-state index in [1.807, 2.05) is 37.3 Å². The minimum atomic E-state index is -3.40. The number of halogens is 1. The molecule has 4 aromatic heterocycles. The van der Waals surface area contributed by atoms with E-state index in [1.54, 1.807) is 42.9 Å². The van der Waals surface area contributed by atoms with Gasteiger partial charge >= 0.3 is 7.60 Å². The first-order valence-electron chi connectivity index (χ1n) is 12.6. The van der Waals surface area contributed by atoms with E-state index < -0.39 is 13.4 Å². The largest absolute Gasteiger partial charge is 0.332 e. The van der Waals surface area contributed by atoms with Gasteiger partial charge in [0.2, 0.25) is 0 Å². The van der Waals surface area contributed by atoms with Crippen LogP contribution >= 0.6 is 7.60 Å². The van der Waals surface area contributed by atoms with Crippen LogP contribution in [0.5, 0.6) is 0 Å². The number of hydrogen-bond donors (Lipinski definition) is 1. The lowest BCUT2D eigenvalue weighted by atomic mass is 10.1. The Morgan fingerprint density at radius 1 is 1.10 bits per heavy atom. The molecule has 12 heteroatoms. The maximum absolute atomic E-state index is 15.6. The van der Waals surface area contributed by atoms with Crippen molar-refractivity contribution in [1.29, 1.82) is 0 Å². The Morgan fingerprint density at radius 3 is 2.59 bits per heavy atom. The smallest absolute Gasteiger partial charge is 0.309 e. The van der Waals surface area contributed by atoms with Crippen molar-refractivity contribution < 1.29 is 22.8 Å². The predicted octanol–water partition coefficient (Wildman–Crippen LogP) is 5.71. The fraction of sp³-hybridized carbons (Fsp3) is 0.259. The second kappa shape index (κ2) is 11.1. The van der Waals surface area contributed by atoms with Crippen molar-refractivity contribution in [2.75, 3.05) is 24.7 Å². The summed E-state index contributed by atoms with van der Waals surface area (Å²) in [6.07, 6.45) is 3.33. The molecule has 1 N–H and O–H groups in total. The molecule has 0 saturated heterocycles. The maximum Gasteiger partial charge on any atom is 0.332 e. The second-order valence-corrected chi connectivity index (χ2v) is 11.0. The van der Waals surface area contributed by atoms with Crippen LogP contribution in [0, 0.1) is 12.7 Å². The van der Waals surface area contributed by atoms with Crippen molar-refractivity contribution in [1.82, 2.24) is 24.4 Å². The van der Waals surface area contributed by atoms with E-state index in [1.165, 1.54) is 10.7 Å². The Kier molecular flexibility index (Phi) is 7.56. The van der Waals surface area contributed by atoms with Gasteiger partial charge in [0.15, 0.2) is 17.3 Å². The van der Waals surface area contributed by atoms with Crippen LogP contribution < -0.4 is 5.32 Å². The number of carbonyl (C=O) groups is 1. The number of rotatable bonds is 10. The Hall–Kier alpha value is -3.92. The molecule has 0 spiro atoms. The molecule has 0 aliphatic rings.